The molecule has 0 spiro atoms. The summed E-state index contributed by atoms with van der Waals surface area (Å²) in [6.45, 7) is 1.32. The van der Waals surface area contributed by atoms with Crippen LogP contribution in [0.2, 0.25) is 0 Å². The average Bonchev–Trinajstić information content (AvgIpc) is 2.76. The molecule has 0 amide bonds. The van der Waals surface area contributed by atoms with Crippen molar-refractivity contribution in [3.63, 3.8) is 0 Å². The third-order valence-electron chi connectivity index (χ3n) is 2.48. The summed E-state index contributed by atoms with van der Waals surface area (Å²) in [6.07, 6.45) is -0.313. The summed E-state index contributed by atoms with van der Waals surface area (Å²) in [4.78, 5) is 0. The van der Waals surface area contributed by atoms with Crippen LogP contribution in [0.25, 0.3) is 0 Å². The molecule has 2 N–H and O–H groups in total. The van der Waals surface area contributed by atoms with E-state index in [0.717, 1.165) is 12.8 Å². The Bertz CT molecular complexity index is 367. The largest absolute Gasteiger partial charge is 0.411 e. The zero-order valence-corrected chi connectivity index (χ0v) is 10.9. The summed E-state index contributed by atoms with van der Waals surface area (Å²) < 4.78 is 41.5. The van der Waals surface area contributed by atoms with Gasteiger partial charge in [-0.05, 0) is 12.8 Å². The van der Waals surface area contributed by atoms with Crippen molar-refractivity contribution >= 4 is 0 Å². The van der Waals surface area contributed by atoms with Gasteiger partial charge in [0.15, 0.2) is 0 Å². The third kappa shape index (κ3) is 6.53. The molecule has 0 saturated heterocycles. The molecule has 0 aliphatic heterocycles. The number of nitrogens with two attached hydrogens (primary N) is 1. The Morgan fingerprint density at radius 3 is 2.84 bits per heavy atom. The standard InChI is InChI=1S/C11H19F3N4O/c1-2-4-9(15)10-7-18(17-16-10)5-3-6-19-8-11(12,13)14/h7,9H,2-6,8,15H2,1H3. The highest BCUT2D eigenvalue weighted by atomic mass is 19.4. The highest BCUT2D eigenvalue weighted by molar-refractivity contribution is 4.99. The molecule has 0 radical (unpaired) electrons. The van der Waals surface area contributed by atoms with Gasteiger partial charge < -0.3 is 10.5 Å². The van der Waals surface area contributed by atoms with Crippen LogP contribution in [0.3, 0.4) is 0 Å². The van der Waals surface area contributed by atoms with Crippen molar-refractivity contribution < 1.29 is 17.9 Å². The molecule has 110 valence electrons. The Hall–Kier alpha value is -1.15. The molecule has 1 heterocycles. The van der Waals surface area contributed by atoms with Crippen LogP contribution >= 0.6 is 0 Å². The highest BCUT2D eigenvalue weighted by Gasteiger charge is 2.27. The molecule has 0 fully saturated rings. The number of halogens is 3. The van der Waals surface area contributed by atoms with Crippen molar-refractivity contribution in [3.8, 4) is 0 Å². The second kappa shape index (κ2) is 7.44. The van der Waals surface area contributed by atoms with E-state index in [9.17, 15) is 13.2 Å². The van der Waals surface area contributed by atoms with Crippen molar-refractivity contribution in [2.45, 2.75) is 44.9 Å². The van der Waals surface area contributed by atoms with Crippen molar-refractivity contribution in [2.75, 3.05) is 13.2 Å². The third-order valence-corrected chi connectivity index (χ3v) is 2.48. The lowest BCUT2D eigenvalue weighted by atomic mass is 10.1. The molecule has 5 nitrogen and oxygen atoms in total. The van der Waals surface area contributed by atoms with Crippen LogP contribution in [0.4, 0.5) is 13.2 Å². The van der Waals surface area contributed by atoms with Crippen LogP contribution in [0.1, 0.15) is 37.9 Å². The van der Waals surface area contributed by atoms with Gasteiger partial charge in [-0.2, -0.15) is 13.2 Å². The maximum Gasteiger partial charge on any atom is 0.411 e. The van der Waals surface area contributed by atoms with E-state index in [1.807, 2.05) is 6.92 Å². The molecular formula is C11H19F3N4O. The molecule has 8 heteroatoms. The van der Waals surface area contributed by atoms with E-state index in [2.05, 4.69) is 15.0 Å². The van der Waals surface area contributed by atoms with E-state index >= 15 is 0 Å². The lowest BCUT2D eigenvalue weighted by Crippen LogP contribution is -2.17. The maximum absolute atomic E-state index is 11.8. The summed E-state index contributed by atoms with van der Waals surface area (Å²) >= 11 is 0. The minimum Gasteiger partial charge on any atom is -0.372 e. The fourth-order valence-electron chi connectivity index (χ4n) is 1.57. The summed E-state index contributed by atoms with van der Waals surface area (Å²) in [6, 6.07) is -0.139. The molecule has 1 aromatic heterocycles. The van der Waals surface area contributed by atoms with Gasteiger partial charge in [0.1, 0.15) is 6.61 Å². The van der Waals surface area contributed by atoms with Crippen LogP contribution in [0.5, 0.6) is 0 Å². The van der Waals surface area contributed by atoms with Gasteiger partial charge in [-0.3, -0.25) is 4.68 Å². The molecule has 1 rings (SSSR count). The van der Waals surface area contributed by atoms with Crippen LogP contribution in [-0.4, -0.2) is 34.4 Å². The Labute approximate surface area is 109 Å². The highest BCUT2D eigenvalue weighted by Crippen LogP contribution is 2.14. The van der Waals surface area contributed by atoms with Crippen LogP contribution in [0, 0.1) is 0 Å². The Balaban J connectivity index is 2.23. The Morgan fingerprint density at radius 1 is 1.47 bits per heavy atom. The molecule has 0 saturated carbocycles. The zero-order chi connectivity index (χ0) is 14.3. The number of aromatic nitrogens is 3. The molecule has 19 heavy (non-hydrogen) atoms. The first-order valence-corrected chi connectivity index (χ1v) is 6.22. The first kappa shape index (κ1) is 15.9. The number of nitrogens with zero attached hydrogens (tertiary/aromatic N) is 3. The summed E-state index contributed by atoms with van der Waals surface area (Å²) in [5.41, 5.74) is 6.58. The van der Waals surface area contributed by atoms with Gasteiger partial charge >= 0.3 is 6.18 Å². The van der Waals surface area contributed by atoms with Gasteiger partial charge in [-0.15, -0.1) is 5.10 Å². The average molecular weight is 280 g/mol. The van der Waals surface area contributed by atoms with E-state index in [-0.39, 0.29) is 12.6 Å². The summed E-state index contributed by atoms with van der Waals surface area (Å²) in [5, 5.41) is 7.81. The number of alkyl halides is 3. The van der Waals surface area contributed by atoms with Crippen molar-refractivity contribution in [1.82, 2.24) is 15.0 Å². The van der Waals surface area contributed by atoms with E-state index < -0.39 is 12.8 Å². The fourth-order valence-corrected chi connectivity index (χ4v) is 1.57. The summed E-state index contributed by atoms with van der Waals surface area (Å²) in [7, 11) is 0. The van der Waals surface area contributed by atoms with E-state index in [1.54, 1.807) is 10.9 Å². The van der Waals surface area contributed by atoms with Crippen molar-refractivity contribution in [2.24, 2.45) is 5.73 Å². The lowest BCUT2D eigenvalue weighted by molar-refractivity contribution is -0.174. The Kier molecular flexibility index (Phi) is 6.23. The van der Waals surface area contributed by atoms with Gasteiger partial charge in [-0.1, -0.05) is 18.6 Å². The van der Waals surface area contributed by atoms with E-state index in [0.29, 0.717) is 18.7 Å². The first-order chi connectivity index (χ1) is 8.92. The van der Waals surface area contributed by atoms with Gasteiger partial charge in [0.25, 0.3) is 0 Å². The van der Waals surface area contributed by atoms with E-state index in [4.69, 9.17) is 5.73 Å². The van der Waals surface area contributed by atoms with Crippen LogP contribution in [-0.2, 0) is 11.3 Å². The SMILES string of the molecule is CCCC(N)c1cn(CCCOCC(F)(F)F)nn1. The van der Waals surface area contributed by atoms with Crippen molar-refractivity contribution in [3.05, 3.63) is 11.9 Å². The van der Waals surface area contributed by atoms with E-state index in [1.165, 1.54) is 0 Å². The lowest BCUT2D eigenvalue weighted by Gasteiger charge is -2.07. The molecule has 1 aromatic rings. The number of aryl methyl sites for hydroxylation is 1. The first-order valence-electron chi connectivity index (χ1n) is 6.22. The monoisotopic (exact) mass is 280 g/mol. The van der Waals surface area contributed by atoms with Crippen LogP contribution in [0.15, 0.2) is 6.20 Å². The predicted molar refractivity (Wildman–Crippen MR) is 63.3 cm³/mol. The summed E-state index contributed by atoms with van der Waals surface area (Å²) in [5.74, 6) is 0. The number of rotatable bonds is 8. The quantitative estimate of drug-likeness (QED) is 0.740. The van der Waals surface area contributed by atoms with Gasteiger partial charge in [0.2, 0.25) is 0 Å². The number of hydrogen-bond acceptors (Lipinski definition) is 4. The molecular weight excluding hydrogens is 261 g/mol. The maximum atomic E-state index is 11.8. The second-order valence-corrected chi connectivity index (χ2v) is 4.32. The van der Waals surface area contributed by atoms with Gasteiger partial charge in [0.05, 0.1) is 17.9 Å². The molecule has 0 aliphatic rings. The van der Waals surface area contributed by atoms with Gasteiger partial charge in [0, 0.05) is 13.2 Å². The normalized spacial score (nSPS) is 13.7. The molecule has 1 atom stereocenters. The minimum atomic E-state index is -4.27. The molecule has 0 aliphatic carbocycles. The second-order valence-electron chi connectivity index (χ2n) is 4.32. The Morgan fingerprint density at radius 2 is 2.21 bits per heavy atom. The van der Waals surface area contributed by atoms with Crippen molar-refractivity contribution in [1.29, 1.82) is 0 Å². The number of hydrogen-bond donors (Lipinski definition) is 1. The molecule has 0 bridgehead atoms. The fraction of sp³-hybridized carbons (Fsp3) is 0.818. The smallest absolute Gasteiger partial charge is 0.372 e. The molecule has 0 aromatic carbocycles. The topological polar surface area (TPSA) is 66.0 Å². The zero-order valence-electron chi connectivity index (χ0n) is 10.9. The van der Waals surface area contributed by atoms with Crippen LogP contribution < -0.4 is 5.73 Å². The number of ether oxygens (including phenoxy) is 1. The minimum absolute atomic E-state index is 0.0374. The molecule has 1 unspecified atom stereocenters. The predicted octanol–water partition coefficient (Wildman–Crippen LogP) is 2.05. The van der Waals surface area contributed by atoms with Gasteiger partial charge in [-0.25, -0.2) is 0 Å².